The van der Waals surface area contributed by atoms with E-state index in [1.165, 1.54) is 56.6 Å². The number of nitrogens with zero attached hydrogens (tertiary/aromatic N) is 3. The summed E-state index contributed by atoms with van der Waals surface area (Å²) < 4.78 is 44.0. The van der Waals surface area contributed by atoms with Crippen LogP contribution in [0.2, 0.25) is 0 Å². The third kappa shape index (κ3) is 7.28. The maximum absolute atomic E-state index is 13.6. The van der Waals surface area contributed by atoms with Crippen molar-refractivity contribution in [2.75, 3.05) is 24.6 Å². The topological polar surface area (TPSA) is 171 Å². The first-order chi connectivity index (χ1) is 21.0. The van der Waals surface area contributed by atoms with Crippen molar-refractivity contribution in [2.45, 2.75) is 18.7 Å². The van der Waals surface area contributed by atoms with Crippen LogP contribution in [0.1, 0.15) is 28.6 Å². The summed E-state index contributed by atoms with van der Waals surface area (Å²) in [5, 5.41) is 15.3. The molecule has 0 radical (unpaired) electrons. The van der Waals surface area contributed by atoms with E-state index in [1.54, 1.807) is 43.3 Å². The van der Waals surface area contributed by atoms with Crippen LogP contribution in [0.3, 0.4) is 0 Å². The van der Waals surface area contributed by atoms with Crippen LogP contribution in [0.4, 0.5) is 11.4 Å². The second-order valence-electron chi connectivity index (χ2n) is 9.21. The predicted molar refractivity (Wildman–Crippen MR) is 161 cm³/mol. The molecule has 0 atom stereocenters. The van der Waals surface area contributed by atoms with Crippen LogP contribution in [0, 0.1) is 17.0 Å². The summed E-state index contributed by atoms with van der Waals surface area (Å²) in [5.41, 5.74) is 3.41. The van der Waals surface area contributed by atoms with Gasteiger partial charge in [0, 0.05) is 17.2 Å². The Kier molecular flexibility index (Phi) is 9.75. The molecule has 0 fully saturated rings. The Balaban J connectivity index is 1.50. The standard InChI is InChI=1S/C30H28N4O9S/c1-4-42-30(36)22-8-6-21(7-9-22)28-16-14-25(43-28)18-31-32-29(35)19-33(23-10-12-24(41-3)13-11-23)44(39,40)26-15-5-20(2)27(17-26)34(37)38/h5-18H,4,19H2,1-3H3,(H,32,35)/b31-18-. The van der Waals surface area contributed by atoms with Gasteiger partial charge in [0.2, 0.25) is 0 Å². The molecule has 0 aliphatic rings. The molecular formula is C30H28N4O9S. The van der Waals surface area contributed by atoms with Crippen molar-refractivity contribution in [1.82, 2.24) is 5.43 Å². The SMILES string of the molecule is CCOC(=O)c1ccc(-c2ccc(/C=N\NC(=O)CN(c3ccc(OC)cc3)S(=O)(=O)c3ccc(C)c([N+](=O)[O-])c3)o2)cc1. The first-order valence-electron chi connectivity index (χ1n) is 13.1. The highest BCUT2D eigenvalue weighted by atomic mass is 32.2. The fourth-order valence-electron chi connectivity index (χ4n) is 4.03. The van der Waals surface area contributed by atoms with Gasteiger partial charge in [-0.05, 0) is 68.4 Å². The van der Waals surface area contributed by atoms with Crippen molar-refractivity contribution in [3.8, 4) is 17.1 Å². The number of carbonyl (C=O) groups excluding carboxylic acids is 2. The van der Waals surface area contributed by atoms with Gasteiger partial charge in [-0.25, -0.2) is 18.6 Å². The van der Waals surface area contributed by atoms with Gasteiger partial charge in [0.25, 0.3) is 21.6 Å². The lowest BCUT2D eigenvalue weighted by atomic mass is 10.1. The number of furan rings is 1. The maximum Gasteiger partial charge on any atom is 0.338 e. The summed E-state index contributed by atoms with van der Waals surface area (Å²) in [5.74, 6) is 0.0154. The summed E-state index contributed by atoms with van der Waals surface area (Å²) >= 11 is 0. The maximum atomic E-state index is 13.6. The number of carbonyl (C=O) groups is 2. The smallest absolute Gasteiger partial charge is 0.338 e. The van der Waals surface area contributed by atoms with E-state index in [1.807, 2.05) is 0 Å². The van der Waals surface area contributed by atoms with E-state index in [2.05, 4.69) is 10.5 Å². The predicted octanol–water partition coefficient (Wildman–Crippen LogP) is 4.69. The average molecular weight is 621 g/mol. The lowest BCUT2D eigenvalue weighted by Gasteiger charge is -2.24. The number of nitro benzene ring substituents is 1. The fourth-order valence-corrected chi connectivity index (χ4v) is 5.47. The van der Waals surface area contributed by atoms with Gasteiger partial charge in [-0.15, -0.1) is 0 Å². The number of nitro groups is 1. The van der Waals surface area contributed by atoms with Crippen molar-refractivity contribution in [2.24, 2.45) is 5.10 Å². The number of hydrazone groups is 1. The zero-order valence-electron chi connectivity index (χ0n) is 23.9. The summed E-state index contributed by atoms with van der Waals surface area (Å²) in [6.07, 6.45) is 1.24. The summed E-state index contributed by atoms with van der Waals surface area (Å²) in [4.78, 5) is 35.1. The van der Waals surface area contributed by atoms with Gasteiger partial charge in [-0.2, -0.15) is 5.10 Å². The molecule has 4 rings (SSSR count). The van der Waals surface area contributed by atoms with Crippen molar-refractivity contribution in [3.63, 3.8) is 0 Å². The summed E-state index contributed by atoms with van der Waals surface area (Å²) in [6.45, 7) is 2.79. The van der Waals surface area contributed by atoms with E-state index in [0.717, 1.165) is 10.4 Å². The van der Waals surface area contributed by atoms with Gasteiger partial charge in [-0.1, -0.05) is 18.2 Å². The molecule has 0 saturated carbocycles. The number of rotatable bonds is 12. The van der Waals surface area contributed by atoms with Crippen LogP contribution in [-0.2, 0) is 19.6 Å². The minimum absolute atomic E-state index is 0.123. The normalized spacial score (nSPS) is 11.2. The molecule has 44 heavy (non-hydrogen) atoms. The fraction of sp³-hybridized carbons (Fsp3) is 0.167. The minimum Gasteiger partial charge on any atom is -0.497 e. The van der Waals surface area contributed by atoms with Crippen molar-refractivity contribution in [1.29, 1.82) is 0 Å². The number of hydrogen-bond donors (Lipinski definition) is 1. The molecule has 228 valence electrons. The Labute approximate surface area is 252 Å². The minimum atomic E-state index is -4.43. The first-order valence-corrected chi connectivity index (χ1v) is 14.6. The van der Waals surface area contributed by atoms with E-state index < -0.39 is 33.4 Å². The van der Waals surface area contributed by atoms with Gasteiger partial charge in [0.15, 0.2) is 0 Å². The van der Waals surface area contributed by atoms with Crippen LogP contribution in [0.25, 0.3) is 11.3 Å². The van der Waals surface area contributed by atoms with Crippen LogP contribution >= 0.6 is 0 Å². The molecule has 0 aliphatic carbocycles. The zero-order chi connectivity index (χ0) is 31.9. The molecule has 0 saturated heterocycles. The number of esters is 1. The second kappa shape index (κ2) is 13.6. The second-order valence-corrected chi connectivity index (χ2v) is 11.1. The number of nitrogens with one attached hydrogen (secondary N) is 1. The molecule has 1 N–H and O–H groups in total. The number of benzene rings is 3. The number of aryl methyl sites for hydroxylation is 1. The van der Waals surface area contributed by atoms with Crippen LogP contribution < -0.4 is 14.5 Å². The largest absolute Gasteiger partial charge is 0.497 e. The molecule has 1 heterocycles. The highest BCUT2D eigenvalue weighted by Crippen LogP contribution is 2.29. The molecule has 4 aromatic rings. The van der Waals surface area contributed by atoms with E-state index in [-0.39, 0.29) is 28.4 Å². The molecule has 0 bridgehead atoms. The van der Waals surface area contributed by atoms with E-state index in [0.29, 0.717) is 28.4 Å². The lowest BCUT2D eigenvalue weighted by Crippen LogP contribution is -2.39. The number of amides is 1. The van der Waals surface area contributed by atoms with Gasteiger partial charge in [-0.3, -0.25) is 19.2 Å². The molecule has 13 nitrogen and oxygen atoms in total. The summed E-state index contributed by atoms with van der Waals surface area (Å²) in [7, 11) is -2.98. The van der Waals surface area contributed by atoms with E-state index in [4.69, 9.17) is 13.9 Å². The molecule has 0 unspecified atom stereocenters. The Morgan fingerprint density at radius 2 is 1.75 bits per heavy atom. The highest BCUT2D eigenvalue weighted by molar-refractivity contribution is 7.92. The third-order valence-corrected chi connectivity index (χ3v) is 8.07. The molecule has 0 spiro atoms. The Bertz CT molecular complexity index is 1800. The first kappa shape index (κ1) is 31.4. The average Bonchev–Trinajstić information content (AvgIpc) is 3.49. The molecular weight excluding hydrogens is 592 g/mol. The molecule has 1 amide bonds. The number of methoxy groups -OCH3 is 1. The summed E-state index contributed by atoms with van der Waals surface area (Å²) in [6, 6.07) is 19.4. The van der Waals surface area contributed by atoms with Crippen molar-refractivity contribution >= 4 is 39.5 Å². The highest BCUT2D eigenvalue weighted by Gasteiger charge is 2.29. The van der Waals surface area contributed by atoms with Gasteiger partial charge >= 0.3 is 5.97 Å². The Morgan fingerprint density at radius 3 is 2.39 bits per heavy atom. The van der Waals surface area contributed by atoms with Crippen LogP contribution in [0.15, 0.2) is 93.3 Å². The van der Waals surface area contributed by atoms with E-state index in [9.17, 15) is 28.1 Å². The monoisotopic (exact) mass is 620 g/mol. The number of ether oxygens (including phenoxy) is 2. The quantitative estimate of drug-likeness (QED) is 0.102. The van der Waals surface area contributed by atoms with Crippen molar-refractivity contribution < 1.29 is 36.8 Å². The molecule has 3 aromatic carbocycles. The third-order valence-electron chi connectivity index (χ3n) is 6.30. The van der Waals surface area contributed by atoms with Gasteiger partial charge < -0.3 is 13.9 Å². The van der Waals surface area contributed by atoms with Crippen LogP contribution in [0.5, 0.6) is 5.75 Å². The van der Waals surface area contributed by atoms with Crippen LogP contribution in [-0.4, -0.2) is 51.7 Å². The lowest BCUT2D eigenvalue weighted by molar-refractivity contribution is -0.385. The zero-order valence-corrected chi connectivity index (χ0v) is 24.7. The van der Waals surface area contributed by atoms with Crippen molar-refractivity contribution in [3.05, 3.63) is 106 Å². The molecule has 14 heteroatoms. The Hall–Kier alpha value is -5.50. The van der Waals surface area contributed by atoms with Gasteiger partial charge in [0.05, 0.1) is 41.0 Å². The molecule has 0 aliphatic heterocycles. The number of hydrogen-bond acceptors (Lipinski definition) is 10. The van der Waals surface area contributed by atoms with Gasteiger partial charge in [0.1, 0.15) is 23.8 Å². The number of anilines is 1. The Morgan fingerprint density at radius 1 is 1.05 bits per heavy atom. The van der Waals surface area contributed by atoms with E-state index >= 15 is 0 Å². The number of sulfonamides is 1. The molecule has 1 aromatic heterocycles.